The van der Waals surface area contributed by atoms with Gasteiger partial charge in [-0.15, -0.1) is 0 Å². The first-order valence-electron chi connectivity index (χ1n) is 8.22. The van der Waals surface area contributed by atoms with E-state index in [0.717, 1.165) is 26.1 Å². The third-order valence-corrected chi connectivity index (χ3v) is 4.13. The summed E-state index contributed by atoms with van der Waals surface area (Å²) in [7, 11) is 0. The van der Waals surface area contributed by atoms with Gasteiger partial charge in [0.2, 0.25) is 5.91 Å². The van der Waals surface area contributed by atoms with Crippen molar-refractivity contribution in [2.45, 2.75) is 45.6 Å². The third kappa shape index (κ3) is 5.50. The number of carbonyl (C=O) groups excluding carboxylic acids is 1. The second kappa shape index (κ2) is 8.18. The van der Waals surface area contributed by atoms with E-state index >= 15 is 0 Å². The standard InChI is InChI=1S/C18H28N2O/c1-15(2)10-11-18(21)19-17(14-20-12-6-7-13-20)16-8-4-3-5-9-16/h3-5,8-9,15,17H,6-7,10-14H2,1-2H3,(H,19,21). The summed E-state index contributed by atoms with van der Waals surface area (Å²) in [5.74, 6) is 0.751. The molecule has 0 radical (unpaired) electrons. The summed E-state index contributed by atoms with van der Waals surface area (Å²) in [4.78, 5) is 14.6. The summed E-state index contributed by atoms with van der Waals surface area (Å²) in [6, 6.07) is 10.5. The Balaban J connectivity index is 1.96. The van der Waals surface area contributed by atoms with Crippen LogP contribution in [-0.4, -0.2) is 30.4 Å². The second-order valence-corrected chi connectivity index (χ2v) is 6.47. The second-order valence-electron chi connectivity index (χ2n) is 6.47. The van der Waals surface area contributed by atoms with Gasteiger partial charge in [-0.05, 0) is 43.8 Å². The summed E-state index contributed by atoms with van der Waals surface area (Å²) < 4.78 is 0. The molecule has 1 aromatic carbocycles. The largest absolute Gasteiger partial charge is 0.348 e. The quantitative estimate of drug-likeness (QED) is 0.834. The predicted molar refractivity (Wildman–Crippen MR) is 87.1 cm³/mol. The average molecular weight is 288 g/mol. The molecule has 1 N–H and O–H groups in total. The van der Waals surface area contributed by atoms with E-state index in [9.17, 15) is 4.79 Å². The smallest absolute Gasteiger partial charge is 0.220 e. The summed E-state index contributed by atoms with van der Waals surface area (Å²) in [6.45, 7) is 7.56. The Morgan fingerprint density at radius 1 is 1.19 bits per heavy atom. The highest BCUT2D eigenvalue weighted by atomic mass is 16.1. The Hall–Kier alpha value is -1.35. The van der Waals surface area contributed by atoms with Gasteiger partial charge in [0.1, 0.15) is 0 Å². The Morgan fingerprint density at radius 2 is 1.86 bits per heavy atom. The molecule has 0 bridgehead atoms. The zero-order valence-corrected chi connectivity index (χ0v) is 13.3. The van der Waals surface area contributed by atoms with E-state index in [4.69, 9.17) is 0 Å². The van der Waals surface area contributed by atoms with Gasteiger partial charge in [-0.1, -0.05) is 44.2 Å². The van der Waals surface area contributed by atoms with Crippen molar-refractivity contribution in [2.75, 3.05) is 19.6 Å². The molecule has 0 spiro atoms. The fourth-order valence-corrected chi connectivity index (χ4v) is 2.83. The van der Waals surface area contributed by atoms with Crippen LogP contribution in [0.1, 0.15) is 51.1 Å². The monoisotopic (exact) mass is 288 g/mol. The van der Waals surface area contributed by atoms with E-state index < -0.39 is 0 Å². The van der Waals surface area contributed by atoms with Crippen molar-refractivity contribution < 1.29 is 4.79 Å². The highest BCUT2D eigenvalue weighted by Crippen LogP contribution is 2.18. The number of rotatable bonds is 7. The van der Waals surface area contributed by atoms with Crippen LogP contribution >= 0.6 is 0 Å². The molecule has 1 amide bonds. The average Bonchev–Trinajstić information content (AvgIpc) is 2.98. The molecule has 1 saturated heterocycles. The maximum absolute atomic E-state index is 12.2. The number of nitrogens with one attached hydrogen (secondary N) is 1. The van der Waals surface area contributed by atoms with Gasteiger partial charge >= 0.3 is 0 Å². The fraction of sp³-hybridized carbons (Fsp3) is 0.611. The summed E-state index contributed by atoms with van der Waals surface area (Å²) in [6.07, 6.45) is 4.14. The van der Waals surface area contributed by atoms with E-state index in [-0.39, 0.29) is 11.9 Å². The van der Waals surface area contributed by atoms with Crippen LogP contribution in [0, 0.1) is 5.92 Å². The number of benzene rings is 1. The van der Waals surface area contributed by atoms with Crippen LogP contribution in [-0.2, 0) is 4.79 Å². The van der Waals surface area contributed by atoms with Crippen molar-refractivity contribution in [3.8, 4) is 0 Å². The first-order valence-corrected chi connectivity index (χ1v) is 8.22. The number of amides is 1. The van der Waals surface area contributed by atoms with Crippen molar-refractivity contribution in [1.82, 2.24) is 10.2 Å². The van der Waals surface area contributed by atoms with Crippen molar-refractivity contribution in [1.29, 1.82) is 0 Å². The molecular formula is C18H28N2O. The Bertz CT molecular complexity index is 424. The summed E-state index contributed by atoms with van der Waals surface area (Å²) in [5, 5.41) is 3.23. The molecular weight excluding hydrogens is 260 g/mol. The predicted octanol–water partition coefficient (Wildman–Crippen LogP) is 3.38. The van der Waals surface area contributed by atoms with Crippen molar-refractivity contribution >= 4 is 5.91 Å². The molecule has 0 aliphatic carbocycles. The van der Waals surface area contributed by atoms with Gasteiger partial charge in [-0.25, -0.2) is 0 Å². The van der Waals surface area contributed by atoms with Gasteiger partial charge < -0.3 is 10.2 Å². The fourth-order valence-electron chi connectivity index (χ4n) is 2.83. The number of nitrogens with zero attached hydrogens (tertiary/aromatic N) is 1. The van der Waals surface area contributed by atoms with Crippen molar-refractivity contribution in [3.05, 3.63) is 35.9 Å². The van der Waals surface area contributed by atoms with E-state index in [0.29, 0.717) is 12.3 Å². The minimum absolute atomic E-state index is 0.115. The maximum atomic E-state index is 12.2. The molecule has 0 saturated carbocycles. The van der Waals surface area contributed by atoms with Gasteiger partial charge in [-0.2, -0.15) is 0 Å². The lowest BCUT2D eigenvalue weighted by atomic mass is 10.0. The molecule has 1 unspecified atom stereocenters. The van der Waals surface area contributed by atoms with E-state index in [1.165, 1.54) is 18.4 Å². The first kappa shape index (κ1) is 16.0. The number of likely N-dealkylation sites (tertiary alicyclic amines) is 1. The minimum atomic E-state index is 0.115. The Morgan fingerprint density at radius 3 is 2.48 bits per heavy atom. The summed E-state index contributed by atoms with van der Waals surface area (Å²) in [5.41, 5.74) is 1.21. The highest BCUT2D eigenvalue weighted by Gasteiger charge is 2.20. The topological polar surface area (TPSA) is 32.3 Å². The Labute approximate surface area is 128 Å². The zero-order chi connectivity index (χ0) is 15.1. The molecule has 2 rings (SSSR count). The molecule has 1 fully saturated rings. The number of hydrogen-bond acceptors (Lipinski definition) is 2. The van der Waals surface area contributed by atoms with Crippen LogP contribution in [0.25, 0.3) is 0 Å². The lowest BCUT2D eigenvalue weighted by Crippen LogP contribution is -2.37. The molecule has 0 aromatic heterocycles. The molecule has 1 aliphatic heterocycles. The van der Waals surface area contributed by atoms with Gasteiger partial charge in [0, 0.05) is 13.0 Å². The van der Waals surface area contributed by atoms with Crippen molar-refractivity contribution in [3.63, 3.8) is 0 Å². The van der Waals surface area contributed by atoms with Crippen LogP contribution in [0.15, 0.2) is 30.3 Å². The van der Waals surface area contributed by atoms with Gasteiger partial charge in [0.15, 0.2) is 0 Å². The molecule has 21 heavy (non-hydrogen) atoms. The van der Waals surface area contributed by atoms with Crippen LogP contribution in [0.3, 0.4) is 0 Å². The molecule has 3 heteroatoms. The van der Waals surface area contributed by atoms with E-state index in [2.05, 4.69) is 36.2 Å². The lowest BCUT2D eigenvalue weighted by molar-refractivity contribution is -0.122. The number of carbonyl (C=O) groups is 1. The number of hydrogen-bond donors (Lipinski definition) is 1. The van der Waals surface area contributed by atoms with Crippen LogP contribution in [0.4, 0.5) is 0 Å². The lowest BCUT2D eigenvalue weighted by Gasteiger charge is -2.25. The van der Waals surface area contributed by atoms with Crippen molar-refractivity contribution in [2.24, 2.45) is 5.92 Å². The first-order chi connectivity index (χ1) is 10.1. The normalized spacial score (nSPS) is 17.1. The maximum Gasteiger partial charge on any atom is 0.220 e. The van der Waals surface area contributed by atoms with E-state index in [1.807, 2.05) is 18.2 Å². The molecule has 1 aromatic rings. The molecule has 1 aliphatic rings. The summed E-state index contributed by atoms with van der Waals surface area (Å²) >= 11 is 0. The van der Waals surface area contributed by atoms with Crippen LogP contribution in [0.5, 0.6) is 0 Å². The SMILES string of the molecule is CC(C)CCC(=O)NC(CN1CCCC1)c1ccccc1. The third-order valence-electron chi connectivity index (χ3n) is 4.13. The van der Waals surface area contributed by atoms with Gasteiger partial charge in [0.05, 0.1) is 6.04 Å². The van der Waals surface area contributed by atoms with Crippen LogP contribution < -0.4 is 5.32 Å². The molecule has 3 nitrogen and oxygen atoms in total. The Kier molecular flexibility index (Phi) is 6.24. The van der Waals surface area contributed by atoms with Gasteiger partial charge in [0.25, 0.3) is 0 Å². The van der Waals surface area contributed by atoms with Gasteiger partial charge in [-0.3, -0.25) is 4.79 Å². The highest BCUT2D eigenvalue weighted by molar-refractivity contribution is 5.76. The minimum Gasteiger partial charge on any atom is -0.348 e. The molecule has 116 valence electrons. The van der Waals surface area contributed by atoms with E-state index in [1.54, 1.807) is 0 Å². The van der Waals surface area contributed by atoms with Crippen LogP contribution in [0.2, 0.25) is 0 Å². The molecule has 1 heterocycles. The zero-order valence-electron chi connectivity index (χ0n) is 13.3. The molecule has 1 atom stereocenters.